The third-order valence-corrected chi connectivity index (χ3v) is 9.41. The van der Waals surface area contributed by atoms with E-state index in [1.165, 1.54) is 6.07 Å². The molecule has 2 aromatic heterocycles. The highest BCUT2D eigenvalue weighted by atomic mass is 32.2. The molecule has 1 aliphatic rings. The summed E-state index contributed by atoms with van der Waals surface area (Å²) in [6.45, 7) is 8.39. The van der Waals surface area contributed by atoms with Gasteiger partial charge in [0.1, 0.15) is 17.3 Å². The van der Waals surface area contributed by atoms with E-state index < -0.39 is 20.9 Å². The topological polar surface area (TPSA) is 112 Å². The van der Waals surface area contributed by atoms with Gasteiger partial charge in [-0.25, -0.2) is 12.8 Å². The molecule has 11 heteroatoms. The van der Waals surface area contributed by atoms with Crippen molar-refractivity contribution in [3.05, 3.63) is 71.9 Å². The zero-order chi connectivity index (χ0) is 29.4. The van der Waals surface area contributed by atoms with Crippen LogP contribution >= 0.6 is 0 Å². The normalized spacial score (nSPS) is 14.8. The van der Waals surface area contributed by atoms with Crippen LogP contribution in [0.2, 0.25) is 0 Å². The number of carbonyl (C=O) groups excluding carboxylic acids is 1. The number of aromatic nitrogens is 3. The smallest absolute Gasteiger partial charge is 0.228 e. The molecule has 3 heterocycles. The highest BCUT2D eigenvalue weighted by molar-refractivity contribution is 7.92. The maximum Gasteiger partial charge on any atom is 0.228 e. The maximum atomic E-state index is 15.4. The summed E-state index contributed by atoms with van der Waals surface area (Å²) >= 11 is 0. The predicted octanol–water partition coefficient (Wildman–Crippen LogP) is 5.56. The molecule has 41 heavy (non-hydrogen) atoms. The number of ether oxygens (including phenoxy) is 2. The zero-order valence-electron chi connectivity index (χ0n) is 23.5. The Morgan fingerprint density at radius 2 is 1.90 bits per heavy atom. The van der Waals surface area contributed by atoms with Crippen molar-refractivity contribution in [1.82, 2.24) is 14.8 Å². The van der Waals surface area contributed by atoms with E-state index in [2.05, 4.69) is 15.4 Å². The number of sulfone groups is 1. The summed E-state index contributed by atoms with van der Waals surface area (Å²) in [6, 6.07) is 9.50. The second-order valence-corrected chi connectivity index (χ2v) is 13.4. The first-order valence-corrected chi connectivity index (χ1v) is 15.0. The van der Waals surface area contributed by atoms with E-state index in [1.807, 2.05) is 20.8 Å². The second kappa shape index (κ2) is 11.2. The van der Waals surface area contributed by atoms with Crippen LogP contribution in [0.3, 0.4) is 0 Å². The molecular formula is C30H33FN4O5S. The summed E-state index contributed by atoms with van der Waals surface area (Å²) in [5.41, 5.74) is 1.30. The lowest BCUT2D eigenvalue weighted by Gasteiger charge is -2.22. The fourth-order valence-corrected chi connectivity index (χ4v) is 6.50. The third-order valence-electron chi connectivity index (χ3n) is 7.15. The molecule has 5 rings (SSSR count). The van der Waals surface area contributed by atoms with Crippen molar-refractivity contribution >= 4 is 32.3 Å². The molecule has 0 radical (unpaired) electrons. The molecule has 0 spiro atoms. The number of amides is 1. The van der Waals surface area contributed by atoms with Crippen LogP contribution in [0.1, 0.15) is 44.7 Å². The fourth-order valence-electron chi connectivity index (χ4n) is 4.77. The van der Waals surface area contributed by atoms with Crippen LogP contribution in [-0.2, 0) is 31.3 Å². The zero-order valence-corrected chi connectivity index (χ0v) is 24.3. The average Bonchev–Trinajstić information content (AvgIpc) is 3.42. The van der Waals surface area contributed by atoms with E-state index in [1.54, 1.807) is 60.5 Å². The van der Waals surface area contributed by atoms with E-state index in [0.717, 1.165) is 0 Å². The first-order chi connectivity index (χ1) is 19.4. The number of fused-ring (bicyclic) bond motifs is 1. The standard InChI is InChI=1S/C30H33FN4O5S/c1-19-26(8-5-20(29(19)31)15-28(36)34-21-17-33-35(18-21)30(2,3)4)40-27-9-12-32-25-7-6-23(16-24(25)27)41(37,38)22-10-13-39-14-11-22/h5-9,12,16-18,22H,10-11,13-15H2,1-4H3,(H,34,36). The van der Waals surface area contributed by atoms with Crippen LogP contribution < -0.4 is 10.1 Å². The largest absolute Gasteiger partial charge is 0.456 e. The molecule has 1 fully saturated rings. The van der Waals surface area contributed by atoms with E-state index in [9.17, 15) is 13.2 Å². The van der Waals surface area contributed by atoms with Crippen molar-refractivity contribution in [2.24, 2.45) is 0 Å². The molecule has 0 bridgehead atoms. The van der Waals surface area contributed by atoms with Gasteiger partial charge in [0.05, 0.1) is 39.5 Å². The molecule has 216 valence electrons. The lowest BCUT2D eigenvalue weighted by Crippen LogP contribution is -2.28. The number of hydrogen-bond donors (Lipinski definition) is 1. The molecule has 0 aliphatic carbocycles. The quantitative estimate of drug-likeness (QED) is 0.305. The molecule has 2 aromatic carbocycles. The number of pyridine rings is 1. The third kappa shape index (κ3) is 6.11. The minimum Gasteiger partial charge on any atom is -0.456 e. The van der Waals surface area contributed by atoms with Crippen molar-refractivity contribution in [1.29, 1.82) is 0 Å². The van der Waals surface area contributed by atoms with Crippen LogP contribution in [-0.4, -0.2) is 47.6 Å². The number of nitrogens with one attached hydrogen (secondary N) is 1. The first kappa shape index (κ1) is 28.7. The summed E-state index contributed by atoms with van der Waals surface area (Å²) < 4.78 is 55.1. The summed E-state index contributed by atoms with van der Waals surface area (Å²) in [6.07, 6.45) is 5.56. The fraction of sp³-hybridized carbons (Fsp3) is 0.367. The number of benzene rings is 2. The van der Waals surface area contributed by atoms with Crippen molar-refractivity contribution in [2.75, 3.05) is 18.5 Å². The monoisotopic (exact) mass is 580 g/mol. The number of hydrogen-bond acceptors (Lipinski definition) is 7. The highest BCUT2D eigenvalue weighted by Gasteiger charge is 2.30. The van der Waals surface area contributed by atoms with Gasteiger partial charge in [0.15, 0.2) is 9.84 Å². The van der Waals surface area contributed by atoms with Crippen LogP contribution in [0.5, 0.6) is 11.5 Å². The summed E-state index contributed by atoms with van der Waals surface area (Å²) in [5, 5.41) is 7.02. The first-order valence-electron chi connectivity index (χ1n) is 13.4. The minimum atomic E-state index is -3.57. The van der Waals surface area contributed by atoms with Crippen LogP contribution in [0.4, 0.5) is 10.1 Å². The number of halogens is 1. The van der Waals surface area contributed by atoms with Crippen LogP contribution in [0, 0.1) is 12.7 Å². The average molecular weight is 581 g/mol. The molecule has 4 aromatic rings. The molecule has 1 amide bonds. The van der Waals surface area contributed by atoms with Gasteiger partial charge in [-0.05, 0) is 76.4 Å². The van der Waals surface area contributed by atoms with Crippen molar-refractivity contribution < 1.29 is 27.1 Å². The SMILES string of the molecule is Cc1c(Oc2ccnc3ccc(S(=O)(=O)C4CCOCC4)cc23)ccc(CC(=O)Nc2cnn(C(C)(C)C)c2)c1F. The van der Waals surface area contributed by atoms with E-state index >= 15 is 4.39 Å². The van der Waals surface area contributed by atoms with Crippen molar-refractivity contribution in [3.63, 3.8) is 0 Å². The maximum absolute atomic E-state index is 15.4. The molecule has 1 saturated heterocycles. The summed E-state index contributed by atoms with van der Waals surface area (Å²) in [4.78, 5) is 17.2. The van der Waals surface area contributed by atoms with Gasteiger partial charge in [0.25, 0.3) is 0 Å². The van der Waals surface area contributed by atoms with Crippen molar-refractivity contribution in [3.8, 4) is 11.5 Å². The van der Waals surface area contributed by atoms with Gasteiger partial charge in [0, 0.05) is 36.6 Å². The lowest BCUT2D eigenvalue weighted by molar-refractivity contribution is -0.115. The predicted molar refractivity (Wildman–Crippen MR) is 154 cm³/mol. The Morgan fingerprint density at radius 3 is 2.61 bits per heavy atom. The van der Waals surface area contributed by atoms with Crippen LogP contribution in [0.15, 0.2) is 59.9 Å². The summed E-state index contributed by atoms with van der Waals surface area (Å²) in [7, 11) is -3.57. The van der Waals surface area contributed by atoms with E-state index in [0.29, 0.717) is 48.4 Å². The Balaban J connectivity index is 1.36. The Morgan fingerprint density at radius 1 is 1.15 bits per heavy atom. The van der Waals surface area contributed by atoms with Gasteiger partial charge in [-0.15, -0.1) is 0 Å². The molecular weight excluding hydrogens is 547 g/mol. The summed E-state index contributed by atoms with van der Waals surface area (Å²) in [5.74, 6) is -0.320. The molecule has 1 N–H and O–H groups in total. The van der Waals surface area contributed by atoms with Gasteiger partial charge in [-0.1, -0.05) is 6.07 Å². The number of carbonyl (C=O) groups is 1. The number of anilines is 1. The second-order valence-electron chi connectivity index (χ2n) is 11.2. The van der Waals surface area contributed by atoms with Gasteiger partial charge in [-0.3, -0.25) is 14.5 Å². The molecule has 0 saturated carbocycles. The van der Waals surface area contributed by atoms with Gasteiger partial charge in [-0.2, -0.15) is 5.10 Å². The number of rotatable bonds is 7. The molecule has 0 unspecified atom stereocenters. The molecule has 1 aliphatic heterocycles. The van der Waals surface area contributed by atoms with E-state index in [4.69, 9.17) is 9.47 Å². The molecule has 0 atom stereocenters. The van der Waals surface area contributed by atoms with Crippen LogP contribution in [0.25, 0.3) is 10.9 Å². The van der Waals surface area contributed by atoms with Gasteiger partial charge in [0.2, 0.25) is 5.91 Å². The molecule has 9 nitrogen and oxygen atoms in total. The Bertz CT molecular complexity index is 1710. The lowest BCUT2D eigenvalue weighted by atomic mass is 10.1. The number of nitrogens with zero attached hydrogens (tertiary/aromatic N) is 3. The van der Waals surface area contributed by atoms with E-state index in [-0.39, 0.29) is 39.6 Å². The Kier molecular flexibility index (Phi) is 7.85. The minimum absolute atomic E-state index is 0.167. The van der Waals surface area contributed by atoms with Gasteiger partial charge >= 0.3 is 0 Å². The Labute approximate surface area is 238 Å². The highest BCUT2D eigenvalue weighted by Crippen LogP contribution is 2.35. The van der Waals surface area contributed by atoms with Crippen molar-refractivity contribution in [2.45, 2.75) is 62.6 Å². The Hall–Kier alpha value is -3.83. The van der Waals surface area contributed by atoms with Gasteiger partial charge < -0.3 is 14.8 Å².